The highest BCUT2D eigenvalue weighted by Gasteiger charge is 2.15. The second-order valence-corrected chi connectivity index (χ2v) is 6.95. The zero-order chi connectivity index (χ0) is 18.3. The van der Waals surface area contributed by atoms with Crippen molar-refractivity contribution < 1.29 is 0 Å². The van der Waals surface area contributed by atoms with Gasteiger partial charge in [-0.1, -0.05) is 40.9 Å². The van der Waals surface area contributed by atoms with E-state index in [1.807, 2.05) is 43.3 Å². The van der Waals surface area contributed by atoms with Gasteiger partial charge in [0.25, 0.3) is 5.56 Å². The summed E-state index contributed by atoms with van der Waals surface area (Å²) in [5.41, 5.74) is 3.12. The maximum atomic E-state index is 13.3. The molecule has 0 aliphatic carbocycles. The van der Waals surface area contributed by atoms with Crippen LogP contribution in [0.5, 0.6) is 0 Å². The minimum atomic E-state index is -0.161. The van der Waals surface area contributed by atoms with Gasteiger partial charge in [-0.25, -0.2) is 4.98 Å². The third-order valence-corrected chi connectivity index (χ3v) is 4.71. The van der Waals surface area contributed by atoms with E-state index in [-0.39, 0.29) is 5.56 Å². The summed E-state index contributed by atoms with van der Waals surface area (Å²) < 4.78 is 1.61. The molecule has 3 aromatic carbocycles. The van der Waals surface area contributed by atoms with Crippen LogP contribution in [0.3, 0.4) is 0 Å². The number of aryl methyl sites for hydroxylation is 1. The zero-order valence-electron chi connectivity index (χ0n) is 13.9. The van der Waals surface area contributed by atoms with Gasteiger partial charge in [0.15, 0.2) is 0 Å². The molecule has 0 fully saturated rings. The van der Waals surface area contributed by atoms with Gasteiger partial charge in [-0.05, 0) is 61.5 Å². The molecule has 0 atom stereocenters. The molecular formula is C21H14Cl2N2O. The summed E-state index contributed by atoms with van der Waals surface area (Å²) in [5.74, 6) is 0.561. The molecule has 4 rings (SSSR count). The van der Waals surface area contributed by atoms with E-state index in [9.17, 15) is 4.79 Å². The van der Waals surface area contributed by atoms with Crippen LogP contribution in [0.1, 0.15) is 5.56 Å². The van der Waals surface area contributed by atoms with Crippen molar-refractivity contribution >= 4 is 34.1 Å². The Labute approximate surface area is 160 Å². The highest BCUT2D eigenvalue weighted by Crippen LogP contribution is 2.25. The van der Waals surface area contributed by atoms with E-state index in [0.29, 0.717) is 26.8 Å². The van der Waals surface area contributed by atoms with Crippen LogP contribution < -0.4 is 5.56 Å². The maximum absolute atomic E-state index is 13.3. The smallest absolute Gasteiger partial charge is 0.266 e. The third kappa shape index (κ3) is 3.00. The SMILES string of the molecule is Cc1ccc(-n2c(-c3ccc(Cl)cc3)nc3ccc(Cl)cc3c2=O)cc1. The number of rotatable bonds is 2. The lowest BCUT2D eigenvalue weighted by Crippen LogP contribution is -2.22. The monoisotopic (exact) mass is 380 g/mol. The second-order valence-electron chi connectivity index (χ2n) is 6.08. The van der Waals surface area contributed by atoms with Crippen molar-refractivity contribution in [3.05, 3.63) is 92.7 Å². The summed E-state index contributed by atoms with van der Waals surface area (Å²) in [7, 11) is 0. The van der Waals surface area contributed by atoms with Gasteiger partial charge in [-0.15, -0.1) is 0 Å². The van der Waals surface area contributed by atoms with Crippen molar-refractivity contribution in [2.45, 2.75) is 6.92 Å². The van der Waals surface area contributed by atoms with Crippen molar-refractivity contribution in [2.75, 3.05) is 0 Å². The predicted octanol–water partition coefficient (Wildman–Crippen LogP) is 5.67. The van der Waals surface area contributed by atoms with Gasteiger partial charge < -0.3 is 0 Å². The Morgan fingerprint density at radius 1 is 0.846 bits per heavy atom. The molecule has 1 aromatic heterocycles. The molecule has 0 saturated carbocycles. The molecular weight excluding hydrogens is 367 g/mol. The molecule has 4 aromatic rings. The van der Waals surface area contributed by atoms with Crippen LogP contribution in [0.25, 0.3) is 28.0 Å². The van der Waals surface area contributed by atoms with Gasteiger partial charge >= 0.3 is 0 Å². The van der Waals surface area contributed by atoms with Gasteiger partial charge in [-0.3, -0.25) is 9.36 Å². The van der Waals surface area contributed by atoms with Crippen molar-refractivity contribution in [1.29, 1.82) is 0 Å². The topological polar surface area (TPSA) is 34.9 Å². The second kappa shape index (κ2) is 6.60. The number of halogens is 2. The van der Waals surface area contributed by atoms with Gasteiger partial charge in [0.2, 0.25) is 0 Å². The van der Waals surface area contributed by atoms with Crippen LogP contribution >= 0.6 is 23.2 Å². The van der Waals surface area contributed by atoms with Gasteiger partial charge in [0.05, 0.1) is 16.6 Å². The molecule has 0 amide bonds. The Morgan fingerprint density at radius 3 is 2.19 bits per heavy atom. The van der Waals surface area contributed by atoms with Crippen molar-refractivity contribution in [2.24, 2.45) is 0 Å². The minimum Gasteiger partial charge on any atom is -0.268 e. The van der Waals surface area contributed by atoms with Gasteiger partial charge in [-0.2, -0.15) is 0 Å². The lowest BCUT2D eigenvalue weighted by molar-refractivity contribution is 0.975. The number of hydrogen-bond acceptors (Lipinski definition) is 2. The van der Waals surface area contributed by atoms with E-state index in [1.165, 1.54) is 0 Å². The highest BCUT2D eigenvalue weighted by atomic mass is 35.5. The fraction of sp³-hybridized carbons (Fsp3) is 0.0476. The average Bonchev–Trinajstić information content (AvgIpc) is 2.64. The molecule has 0 N–H and O–H groups in total. The molecule has 0 aliphatic rings. The molecule has 3 nitrogen and oxygen atoms in total. The number of aromatic nitrogens is 2. The van der Waals surface area contributed by atoms with Crippen LogP contribution in [-0.2, 0) is 0 Å². The number of fused-ring (bicyclic) bond motifs is 1. The quantitative estimate of drug-likeness (QED) is 0.449. The zero-order valence-corrected chi connectivity index (χ0v) is 15.4. The molecule has 1 heterocycles. The third-order valence-electron chi connectivity index (χ3n) is 4.22. The summed E-state index contributed by atoms with van der Waals surface area (Å²) in [4.78, 5) is 18.0. The van der Waals surface area contributed by atoms with Gasteiger partial charge in [0, 0.05) is 15.6 Å². The number of benzene rings is 3. The first-order valence-corrected chi connectivity index (χ1v) is 8.84. The molecule has 0 bridgehead atoms. The normalized spacial score (nSPS) is 11.0. The van der Waals surface area contributed by atoms with Crippen LogP contribution in [0.15, 0.2) is 71.5 Å². The molecule has 26 heavy (non-hydrogen) atoms. The molecule has 0 saturated heterocycles. The first kappa shape index (κ1) is 16.8. The van der Waals surface area contributed by atoms with E-state index < -0.39 is 0 Å². The number of nitrogens with zero attached hydrogens (tertiary/aromatic N) is 2. The summed E-state index contributed by atoms with van der Waals surface area (Å²) in [6.45, 7) is 2.01. The summed E-state index contributed by atoms with van der Waals surface area (Å²) in [6, 6.07) is 20.2. The minimum absolute atomic E-state index is 0.161. The lowest BCUT2D eigenvalue weighted by Gasteiger charge is -2.14. The Kier molecular flexibility index (Phi) is 4.27. The maximum Gasteiger partial charge on any atom is 0.266 e. The van der Waals surface area contributed by atoms with Gasteiger partial charge in [0.1, 0.15) is 5.82 Å². The largest absolute Gasteiger partial charge is 0.268 e. The fourth-order valence-corrected chi connectivity index (χ4v) is 3.18. The molecule has 0 aliphatic heterocycles. The van der Waals surface area contributed by atoms with Crippen LogP contribution in [0.4, 0.5) is 0 Å². The Balaban J connectivity index is 2.09. The Bertz CT molecular complexity index is 1160. The molecule has 128 valence electrons. The Hall–Kier alpha value is -2.62. The summed E-state index contributed by atoms with van der Waals surface area (Å²) in [5, 5.41) is 1.62. The fourth-order valence-electron chi connectivity index (χ4n) is 2.88. The van der Waals surface area contributed by atoms with E-state index in [1.54, 1.807) is 34.9 Å². The average molecular weight is 381 g/mol. The first-order valence-electron chi connectivity index (χ1n) is 8.08. The standard InChI is InChI=1S/C21H14Cl2N2O/c1-13-2-9-17(10-3-13)25-20(14-4-6-15(22)7-5-14)24-19-11-8-16(23)12-18(19)21(25)26/h2-12H,1H3. The van der Waals surface area contributed by atoms with Crippen LogP contribution in [0, 0.1) is 6.92 Å². The lowest BCUT2D eigenvalue weighted by atomic mass is 10.1. The predicted molar refractivity (Wildman–Crippen MR) is 108 cm³/mol. The van der Waals surface area contributed by atoms with Crippen molar-refractivity contribution in [3.63, 3.8) is 0 Å². The van der Waals surface area contributed by atoms with E-state index in [0.717, 1.165) is 16.8 Å². The summed E-state index contributed by atoms with van der Waals surface area (Å²) >= 11 is 12.1. The van der Waals surface area contributed by atoms with E-state index in [4.69, 9.17) is 28.2 Å². The highest BCUT2D eigenvalue weighted by molar-refractivity contribution is 6.31. The van der Waals surface area contributed by atoms with Crippen molar-refractivity contribution in [1.82, 2.24) is 9.55 Å². The van der Waals surface area contributed by atoms with E-state index in [2.05, 4.69) is 0 Å². The molecule has 5 heteroatoms. The van der Waals surface area contributed by atoms with E-state index >= 15 is 0 Å². The van der Waals surface area contributed by atoms with Crippen LogP contribution in [0.2, 0.25) is 10.0 Å². The molecule has 0 spiro atoms. The molecule has 0 unspecified atom stereocenters. The summed E-state index contributed by atoms with van der Waals surface area (Å²) in [6.07, 6.45) is 0. The van der Waals surface area contributed by atoms with Crippen LogP contribution in [-0.4, -0.2) is 9.55 Å². The van der Waals surface area contributed by atoms with Crippen molar-refractivity contribution in [3.8, 4) is 17.1 Å². The number of hydrogen-bond donors (Lipinski definition) is 0. The Morgan fingerprint density at radius 2 is 1.50 bits per heavy atom. The first-order chi connectivity index (χ1) is 12.5. The molecule has 0 radical (unpaired) electrons.